The summed E-state index contributed by atoms with van der Waals surface area (Å²) in [6, 6.07) is 14.4. The molecule has 0 spiro atoms. The number of sulfone groups is 1. The standard InChI is InChI=1S/C23H23NO4S2/c1-14(2)28-17-8-6-16(7-9-17)19-12-21(25)24-22-20(13-29-23(19)22)30(26,27)18-10-4-15(3)5-11-18/h4-11,13-14,19H,12H2,1-3H3,(H,24,25)/t19-/m1/s1. The van der Waals surface area contributed by atoms with Crippen LogP contribution in [0.4, 0.5) is 5.69 Å². The fourth-order valence-corrected chi connectivity index (χ4v) is 6.47. The van der Waals surface area contributed by atoms with Crippen molar-refractivity contribution in [3.05, 3.63) is 69.9 Å². The molecule has 0 saturated heterocycles. The average Bonchev–Trinajstić information content (AvgIpc) is 3.12. The normalized spacial score (nSPS) is 16.3. The molecular weight excluding hydrogens is 418 g/mol. The second-order valence-corrected chi connectivity index (χ2v) is 10.5. The number of anilines is 1. The van der Waals surface area contributed by atoms with Gasteiger partial charge in [-0.05, 0) is 50.6 Å². The average molecular weight is 442 g/mol. The number of thiophene rings is 1. The molecule has 0 unspecified atom stereocenters. The predicted molar refractivity (Wildman–Crippen MR) is 118 cm³/mol. The molecule has 7 heteroatoms. The lowest BCUT2D eigenvalue weighted by molar-refractivity contribution is -0.116. The van der Waals surface area contributed by atoms with Gasteiger partial charge in [0.1, 0.15) is 10.6 Å². The van der Waals surface area contributed by atoms with Crippen LogP contribution in [0.2, 0.25) is 0 Å². The zero-order valence-corrected chi connectivity index (χ0v) is 18.6. The number of fused-ring (bicyclic) bond motifs is 1. The predicted octanol–water partition coefficient (Wildman–Crippen LogP) is 5.15. The Morgan fingerprint density at radius 3 is 2.37 bits per heavy atom. The van der Waals surface area contributed by atoms with E-state index in [0.29, 0.717) is 5.69 Å². The lowest BCUT2D eigenvalue weighted by atomic mass is 9.90. The zero-order valence-electron chi connectivity index (χ0n) is 17.0. The lowest BCUT2D eigenvalue weighted by Gasteiger charge is -2.24. The third kappa shape index (κ3) is 3.87. The summed E-state index contributed by atoms with van der Waals surface area (Å²) >= 11 is 1.37. The van der Waals surface area contributed by atoms with Gasteiger partial charge in [0.15, 0.2) is 0 Å². The summed E-state index contributed by atoms with van der Waals surface area (Å²) in [5.74, 6) is 0.394. The lowest BCUT2D eigenvalue weighted by Crippen LogP contribution is -2.23. The van der Waals surface area contributed by atoms with Crippen LogP contribution in [0.1, 0.15) is 42.2 Å². The van der Waals surface area contributed by atoms with Crippen LogP contribution in [-0.4, -0.2) is 20.4 Å². The number of amides is 1. The van der Waals surface area contributed by atoms with Crippen molar-refractivity contribution in [3.8, 4) is 5.75 Å². The van der Waals surface area contributed by atoms with E-state index in [4.69, 9.17) is 4.74 Å². The van der Waals surface area contributed by atoms with Gasteiger partial charge < -0.3 is 10.1 Å². The van der Waals surface area contributed by atoms with Gasteiger partial charge in [0.25, 0.3) is 0 Å². The topological polar surface area (TPSA) is 72.5 Å². The smallest absolute Gasteiger partial charge is 0.225 e. The third-order valence-corrected chi connectivity index (χ3v) is 8.07. The summed E-state index contributed by atoms with van der Waals surface area (Å²) in [6.45, 7) is 5.84. The largest absolute Gasteiger partial charge is 0.491 e. The minimum Gasteiger partial charge on any atom is -0.491 e. The molecule has 2 aromatic carbocycles. The summed E-state index contributed by atoms with van der Waals surface area (Å²) < 4.78 is 32.1. The fourth-order valence-electron chi connectivity index (χ4n) is 3.57. The number of hydrogen-bond donors (Lipinski definition) is 1. The first-order chi connectivity index (χ1) is 14.3. The highest BCUT2D eigenvalue weighted by atomic mass is 32.2. The highest BCUT2D eigenvalue weighted by Crippen LogP contribution is 2.46. The molecule has 1 N–H and O–H groups in total. The Labute approximate surface area is 180 Å². The van der Waals surface area contributed by atoms with E-state index in [2.05, 4.69) is 5.32 Å². The summed E-state index contributed by atoms with van der Waals surface area (Å²) in [6.07, 6.45) is 0.358. The zero-order chi connectivity index (χ0) is 21.5. The van der Waals surface area contributed by atoms with Crippen LogP contribution >= 0.6 is 11.3 Å². The molecule has 3 aromatic rings. The molecule has 30 heavy (non-hydrogen) atoms. The van der Waals surface area contributed by atoms with Gasteiger partial charge in [-0.2, -0.15) is 0 Å². The van der Waals surface area contributed by atoms with Crippen molar-refractivity contribution in [1.29, 1.82) is 0 Å². The Kier molecular flexibility index (Phi) is 5.42. The minimum absolute atomic E-state index is 0.0785. The number of carbonyl (C=O) groups excluding carboxylic acids is 1. The van der Waals surface area contributed by atoms with Gasteiger partial charge in [-0.25, -0.2) is 8.42 Å². The third-order valence-electron chi connectivity index (χ3n) is 5.03. The maximum Gasteiger partial charge on any atom is 0.225 e. The van der Waals surface area contributed by atoms with Crippen LogP contribution in [0, 0.1) is 6.92 Å². The van der Waals surface area contributed by atoms with E-state index in [1.54, 1.807) is 29.6 Å². The van der Waals surface area contributed by atoms with Crippen molar-refractivity contribution in [2.75, 3.05) is 5.32 Å². The number of benzene rings is 2. The van der Waals surface area contributed by atoms with E-state index in [-0.39, 0.29) is 34.1 Å². The molecule has 5 nitrogen and oxygen atoms in total. The molecule has 0 saturated carbocycles. The molecule has 4 rings (SSSR count). The molecule has 0 radical (unpaired) electrons. The monoisotopic (exact) mass is 441 g/mol. The van der Waals surface area contributed by atoms with E-state index in [0.717, 1.165) is 21.8 Å². The first-order valence-electron chi connectivity index (χ1n) is 9.75. The Balaban J connectivity index is 1.73. The first kappa shape index (κ1) is 20.6. The minimum atomic E-state index is -3.73. The maximum atomic E-state index is 13.2. The Morgan fingerprint density at radius 1 is 1.07 bits per heavy atom. The van der Waals surface area contributed by atoms with Crippen molar-refractivity contribution in [2.45, 2.75) is 49.0 Å². The summed E-state index contributed by atoms with van der Waals surface area (Å²) in [5.41, 5.74) is 2.35. The van der Waals surface area contributed by atoms with E-state index in [9.17, 15) is 13.2 Å². The number of ether oxygens (including phenoxy) is 1. The molecule has 1 aliphatic heterocycles. The second-order valence-electron chi connectivity index (χ2n) is 7.70. The first-order valence-corrected chi connectivity index (χ1v) is 12.1. The number of aryl methyl sites for hydroxylation is 1. The van der Waals surface area contributed by atoms with Crippen LogP contribution in [0.25, 0.3) is 0 Å². The molecule has 1 aliphatic rings. The van der Waals surface area contributed by atoms with Crippen molar-refractivity contribution in [2.24, 2.45) is 0 Å². The Morgan fingerprint density at radius 2 is 1.73 bits per heavy atom. The maximum absolute atomic E-state index is 13.2. The molecule has 1 aromatic heterocycles. The number of rotatable bonds is 5. The van der Waals surface area contributed by atoms with Crippen molar-refractivity contribution in [1.82, 2.24) is 0 Å². The van der Waals surface area contributed by atoms with Gasteiger partial charge in [0.05, 0.1) is 16.7 Å². The summed E-state index contributed by atoms with van der Waals surface area (Å²) in [5, 5.41) is 4.43. The Hall–Kier alpha value is -2.64. The second kappa shape index (κ2) is 7.89. The van der Waals surface area contributed by atoms with Gasteiger partial charge in [0, 0.05) is 22.6 Å². The van der Waals surface area contributed by atoms with Crippen molar-refractivity contribution < 1.29 is 17.9 Å². The molecular formula is C23H23NO4S2. The molecule has 0 bridgehead atoms. The number of hydrogen-bond acceptors (Lipinski definition) is 5. The van der Waals surface area contributed by atoms with Gasteiger partial charge in [0.2, 0.25) is 15.7 Å². The quantitative estimate of drug-likeness (QED) is 0.594. The van der Waals surface area contributed by atoms with Crippen molar-refractivity contribution in [3.63, 3.8) is 0 Å². The van der Waals surface area contributed by atoms with Crippen molar-refractivity contribution >= 4 is 32.8 Å². The SMILES string of the molecule is Cc1ccc(S(=O)(=O)c2csc3c2NC(=O)C[C@@H]3c2ccc(OC(C)C)cc2)cc1. The van der Waals surface area contributed by atoms with Crippen LogP contribution in [0.5, 0.6) is 5.75 Å². The molecule has 156 valence electrons. The van der Waals surface area contributed by atoms with Crippen LogP contribution in [0.3, 0.4) is 0 Å². The molecule has 0 aliphatic carbocycles. The van der Waals surface area contributed by atoms with E-state index < -0.39 is 9.84 Å². The van der Waals surface area contributed by atoms with Crippen LogP contribution in [0.15, 0.2) is 63.7 Å². The van der Waals surface area contributed by atoms with Gasteiger partial charge in [-0.15, -0.1) is 11.3 Å². The molecule has 1 amide bonds. The van der Waals surface area contributed by atoms with E-state index in [1.807, 2.05) is 45.0 Å². The number of carbonyl (C=O) groups is 1. The summed E-state index contributed by atoms with van der Waals surface area (Å²) in [4.78, 5) is 13.7. The Bertz CT molecular complexity index is 1180. The van der Waals surface area contributed by atoms with Crippen LogP contribution < -0.4 is 10.1 Å². The van der Waals surface area contributed by atoms with Gasteiger partial charge in [-0.1, -0.05) is 29.8 Å². The number of nitrogens with one attached hydrogen (secondary N) is 1. The highest BCUT2D eigenvalue weighted by Gasteiger charge is 2.34. The van der Waals surface area contributed by atoms with E-state index >= 15 is 0 Å². The highest BCUT2D eigenvalue weighted by molar-refractivity contribution is 7.91. The van der Waals surface area contributed by atoms with Gasteiger partial charge >= 0.3 is 0 Å². The van der Waals surface area contributed by atoms with Gasteiger partial charge in [-0.3, -0.25) is 4.79 Å². The fraction of sp³-hybridized carbons (Fsp3) is 0.261. The molecule has 2 heterocycles. The molecule has 0 fully saturated rings. The van der Waals surface area contributed by atoms with Crippen LogP contribution in [-0.2, 0) is 14.6 Å². The summed E-state index contributed by atoms with van der Waals surface area (Å²) in [7, 11) is -3.73. The van der Waals surface area contributed by atoms with E-state index in [1.165, 1.54) is 11.3 Å². The molecule has 1 atom stereocenters.